The number of ether oxygens (including phenoxy) is 1. The van der Waals surface area contributed by atoms with Gasteiger partial charge in [0.2, 0.25) is 5.88 Å². The van der Waals surface area contributed by atoms with Crippen molar-refractivity contribution in [3.63, 3.8) is 0 Å². The van der Waals surface area contributed by atoms with Gasteiger partial charge in [-0.15, -0.1) is 0 Å². The second kappa shape index (κ2) is 5.21. The first-order chi connectivity index (χ1) is 8.06. The Bertz CT molecular complexity index is 565. The highest BCUT2D eigenvalue weighted by Crippen LogP contribution is 2.33. The lowest BCUT2D eigenvalue weighted by atomic mass is 10.3. The highest BCUT2D eigenvalue weighted by Gasteiger charge is 2.09. The molecule has 1 aromatic heterocycles. The highest BCUT2D eigenvalue weighted by atomic mass is 79.9. The van der Waals surface area contributed by atoms with Gasteiger partial charge in [0.05, 0.1) is 9.50 Å². The lowest BCUT2D eigenvalue weighted by Crippen LogP contribution is -1.90. The van der Waals surface area contributed by atoms with Crippen LogP contribution in [0.25, 0.3) is 0 Å². The molecule has 0 amide bonds. The van der Waals surface area contributed by atoms with Crippen molar-refractivity contribution in [1.29, 1.82) is 0 Å². The second-order valence-electron chi connectivity index (χ2n) is 3.10. The van der Waals surface area contributed by atoms with Crippen LogP contribution in [0.4, 0.5) is 4.39 Å². The van der Waals surface area contributed by atoms with E-state index in [0.717, 1.165) is 0 Å². The van der Waals surface area contributed by atoms with E-state index in [4.69, 9.17) is 27.9 Å². The van der Waals surface area contributed by atoms with E-state index in [0.29, 0.717) is 9.63 Å². The maximum Gasteiger partial charge on any atom is 0.220 e. The first-order valence-electron chi connectivity index (χ1n) is 4.51. The molecule has 0 unspecified atom stereocenters. The van der Waals surface area contributed by atoms with Gasteiger partial charge in [-0.1, -0.05) is 29.3 Å². The fourth-order valence-corrected chi connectivity index (χ4v) is 2.02. The van der Waals surface area contributed by atoms with Gasteiger partial charge in [-0.3, -0.25) is 0 Å². The van der Waals surface area contributed by atoms with Crippen LogP contribution in [0.3, 0.4) is 0 Å². The number of halogens is 4. The van der Waals surface area contributed by atoms with Gasteiger partial charge < -0.3 is 4.74 Å². The molecular weight excluding hydrogens is 332 g/mol. The van der Waals surface area contributed by atoms with Crippen molar-refractivity contribution in [2.45, 2.75) is 0 Å². The van der Waals surface area contributed by atoms with Crippen LogP contribution in [0.15, 0.2) is 34.8 Å². The Labute approximate surface area is 115 Å². The first kappa shape index (κ1) is 12.6. The number of nitrogens with zero attached hydrogens (tertiary/aromatic N) is 1. The molecule has 0 atom stereocenters. The summed E-state index contributed by atoms with van der Waals surface area (Å²) in [6, 6.07) is 7.51. The fraction of sp³-hybridized carbons (Fsp3) is 0. The normalized spacial score (nSPS) is 10.4. The highest BCUT2D eigenvalue weighted by molar-refractivity contribution is 9.10. The summed E-state index contributed by atoms with van der Waals surface area (Å²) < 4.78 is 19.2. The van der Waals surface area contributed by atoms with E-state index in [9.17, 15) is 4.39 Å². The molecule has 0 saturated heterocycles. The topological polar surface area (TPSA) is 22.1 Å². The van der Waals surface area contributed by atoms with E-state index < -0.39 is 5.82 Å². The third-order valence-electron chi connectivity index (χ3n) is 1.88. The molecule has 0 saturated carbocycles. The number of rotatable bonds is 2. The monoisotopic (exact) mass is 335 g/mol. The Hall–Kier alpha value is -0.840. The zero-order chi connectivity index (χ0) is 12.4. The quantitative estimate of drug-likeness (QED) is 0.563. The molecule has 0 radical (unpaired) electrons. The molecule has 88 valence electrons. The lowest BCUT2D eigenvalue weighted by Gasteiger charge is -2.07. The summed E-state index contributed by atoms with van der Waals surface area (Å²) in [5.74, 6) is -0.00603. The van der Waals surface area contributed by atoms with Gasteiger partial charge in [-0.25, -0.2) is 9.37 Å². The molecule has 2 nitrogen and oxygen atoms in total. The van der Waals surface area contributed by atoms with Crippen molar-refractivity contribution >= 4 is 39.1 Å². The maximum absolute atomic E-state index is 13.3. The zero-order valence-corrected chi connectivity index (χ0v) is 11.4. The number of hydrogen-bond donors (Lipinski definition) is 0. The molecule has 2 rings (SSSR count). The third-order valence-corrected chi connectivity index (χ3v) is 3.00. The molecule has 6 heteroatoms. The van der Waals surface area contributed by atoms with Crippen molar-refractivity contribution in [2.24, 2.45) is 0 Å². The van der Waals surface area contributed by atoms with Gasteiger partial charge >= 0.3 is 0 Å². The van der Waals surface area contributed by atoms with Crippen molar-refractivity contribution in [2.75, 3.05) is 0 Å². The predicted octanol–water partition coefficient (Wildman–Crippen LogP) is 5.08. The van der Waals surface area contributed by atoms with E-state index in [-0.39, 0.29) is 16.7 Å². The largest absolute Gasteiger partial charge is 0.438 e. The fourth-order valence-electron chi connectivity index (χ4n) is 1.14. The SMILES string of the molecule is Fc1cc(Oc2cccc(Cl)n2)c(Br)cc1Cl. The molecular formula is C11H5BrCl2FNO. The van der Waals surface area contributed by atoms with E-state index in [1.165, 1.54) is 12.1 Å². The van der Waals surface area contributed by atoms with Gasteiger partial charge in [0.1, 0.15) is 16.7 Å². The Morgan fingerprint density at radius 2 is 2.00 bits per heavy atom. The van der Waals surface area contributed by atoms with Crippen LogP contribution in [0.2, 0.25) is 10.2 Å². The van der Waals surface area contributed by atoms with Crippen LogP contribution in [0.5, 0.6) is 11.6 Å². The average Bonchev–Trinajstić information content (AvgIpc) is 2.26. The number of pyridine rings is 1. The van der Waals surface area contributed by atoms with Gasteiger partial charge in [0, 0.05) is 12.1 Å². The molecule has 0 bridgehead atoms. The summed E-state index contributed by atoms with van der Waals surface area (Å²) in [4.78, 5) is 3.93. The zero-order valence-electron chi connectivity index (χ0n) is 8.25. The molecule has 1 aromatic carbocycles. The van der Waals surface area contributed by atoms with Gasteiger partial charge in [-0.05, 0) is 28.1 Å². The van der Waals surface area contributed by atoms with Crippen LogP contribution in [-0.2, 0) is 0 Å². The van der Waals surface area contributed by atoms with Crippen LogP contribution in [0.1, 0.15) is 0 Å². The first-order valence-corrected chi connectivity index (χ1v) is 6.06. The van der Waals surface area contributed by atoms with Crippen LogP contribution in [0, 0.1) is 5.82 Å². The van der Waals surface area contributed by atoms with Crippen molar-refractivity contribution < 1.29 is 9.13 Å². The molecule has 0 fully saturated rings. The number of aromatic nitrogens is 1. The molecule has 17 heavy (non-hydrogen) atoms. The lowest BCUT2D eigenvalue weighted by molar-refractivity contribution is 0.455. The van der Waals surface area contributed by atoms with Gasteiger partial charge in [0.25, 0.3) is 0 Å². The van der Waals surface area contributed by atoms with Gasteiger partial charge in [0.15, 0.2) is 0 Å². The van der Waals surface area contributed by atoms with Crippen molar-refractivity contribution in [3.05, 3.63) is 50.8 Å². The van der Waals surface area contributed by atoms with Crippen LogP contribution in [-0.4, -0.2) is 4.98 Å². The summed E-state index contributed by atoms with van der Waals surface area (Å²) in [7, 11) is 0. The maximum atomic E-state index is 13.3. The Morgan fingerprint density at radius 1 is 1.24 bits per heavy atom. The minimum atomic E-state index is -0.563. The van der Waals surface area contributed by atoms with Crippen LogP contribution >= 0.6 is 39.1 Å². The predicted molar refractivity (Wildman–Crippen MR) is 68.4 cm³/mol. The van der Waals surface area contributed by atoms with Crippen molar-refractivity contribution in [1.82, 2.24) is 4.98 Å². The molecule has 0 aliphatic heterocycles. The van der Waals surface area contributed by atoms with E-state index >= 15 is 0 Å². The minimum absolute atomic E-state index is 0.0169. The summed E-state index contributed by atoms with van der Waals surface area (Å²) in [6.45, 7) is 0. The Balaban J connectivity index is 2.33. The standard InChI is InChI=1S/C11H5BrCl2FNO/c12-6-4-7(13)8(15)5-9(6)17-11-3-1-2-10(14)16-11/h1-5H. The summed E-state index contributed by atoms with van der Waals surface area (Å²) in [6.07, 6.45) is 0. The Morgan fingerprint density at radius 3 is 2.71 bits per heavy atom. The average molecular weight is 337 g/mol. The second-order valence-corrected chi connectivity index (χ2v) is 4.75. The summed E-state index contributed by atoms with van der Waals surface area (Å²) in [5.41, 5.74) is 0. The minimum Gasteiger partial charge on any atom is -0.438 e. The molecule has 0 aliphatic carbocycles. The molecule has 2 aromatic rings. The number of benzene rings is 1. The molecule has 0 spiro atoms. The third kappa shape index (κ3) is 3.09. The van der Waals surface area contributed by atoms with Crippen LogP contribution < -0.4 is 4.74 Å². The van der Waals surface area contributed by atoms with E-state index in [1.54, 1.807) is 18.2 Å². The van der Waals surface area contributed by atoms with Gasteiger partial charge in [-0.2, -0.15) is 0 Å². The van der Waals surface area contributed by atoms with Crippen molar-refractivity contribution in [3.8, 4) is 11.6 Å². The molecule has 0 N–H and O–H groups in total. The summed E-state index contributed by atoms with van der Waals surface area (Å²) in [5, 5.41) is 0.316. The molecule has 0 aliphatic rings. The summed E-state index contributed by atoms with van der Waals surface area (Å²) >= 11 is 14.5. The number of hydrogen-bond acceptors (Lipinski definition) is 2. The van der Waals surface area contributed by atoms with E-state index in [2.05, 4.69) is 20.9 Å². The van der Waals surface area contributed by atoms with E-state index in [1.807, 2.05) is 0 Å². The Kier molecular flexibility index (Phi) is 3.86. The smallest absolute Gasteiger partial charge is 0.220 e. The molecule has 1 heterocycles.